The summed E-state index contributed by atoms with van der Waals surface area (Å²) in [5.74, 6) is -1.26. The van der Waals surface area contributed by atoms with Crippen LogP contribution in [0.3, 0.4) is 0 Å². The molecule has 0 aliphatic heterocycles. The van der Waals surface area contributed by atoms with Crippen molar-refractivity contribution in [3.05, 3.63) is 65.2 Å². The molecule has 5 heteroatoms. The molecule has 3 aromatic rings. The van der Waals surface area contributed by atoms with E-state index in [1.54, 1.807) is 12.1 Å². The normalized spacial score (nSPS) is 11.1. The van der Waals surface area contributed by atoms with Crippen molar-refractivity contribution in [2.24, 2.45) is 0 Å². The molecule has 0 aliphatic rings. The van der Waals surface area contributed by atoms with Gasteiger partial charge in [-0.05, 0) is 23.8 Å². The number of hydrogen-bond acceptors (Lipinski definition) is 1. The van der Waals surface area contributed by atoms with Gasteiger partial charge in [0.1, 0.15) is 23.0 Å². The third-order valence-electron chi connectivity index (χ3n) is 2.89. The summed E-state index contributed by atoms with van der Waals surface area (Å²) >= 11 is 0. The third-order valence-corrected chi connectivity index (χ3v) is 2.89. The summed E-state index contributed by atoms with van der Waals surface area (Å²) in [5, 5.41) is 0. The van der Waals surface area contributed by atoms with Gasteiger partial charge in [-0.25, -0.2) is 18.2 Å². The number of imidazole rings is 1. The van der Waals surface area contributed by atoms with Crippen LogP contribution in [0.4, 0.5) is 13.2 Å². The lowest BCUT2D eigenvalue weighted by atomic mass is 10.1. The molecule has 0 aliphatic carbocycles. The van der Waals surface area contributed by atoms with E-state index in [0.717, 1.165) is 6.07 Å². The maximum atomic E-state index is 13.5. The lowest BCUT2D eigenvalue weighted by molar-refractivity contribution is 0.574. The Morgan fingerprint density at radius 1 is 1.00 bits per heavy atom. The maximum Gasteiger partial charge on any atom is 0.151 e. The molecule has 19 heavy (non-hydrogen) atoms. The van der Waals surface area contributed by atoms with Gasteiger partial charge < -0.3 is 4.98 Å². The Hall–Kier alpha value is -2.30. The number of H-pyrrole nitrogens is 1. The Balaban J connectivity index is 1.99. The fourth-order valence-electron chi connectivity index (χ4n) is 1.98. The van der Waals surface area contributed by atoms with Crippen LogP contribution < -0.4 is 0 Å². The zero-order valence-corrected chi connectivity index (χ0v) is 9.75. The van der Waals surface area contributed by atoms with Crippen molar-refractivity contribution in [2.45, 2.75) is 6.42 Å². The number of benzene rings is 2. The van der Waals surface area contributed by atoms with Crippen molar-refractivity contribution < 1.29 is 13.2 Å². The molecule has 1 aromatic heterocycles. The highest BCUT2D eigenvalue weighted by Gasteiger charge is 2.10. The molecule has 1 heterocycles. The van der Waals surface area contributed by atoms with E-state index in [0.29, 0.717) is 16.9 Å². The summed E-state index contributed by atoms with van der Waals surface area (Å²) in [6.07, 6.45) is 0.153. The minimum atomic E-state index is -0.638. The number of nitrogens with zero attached hydrogens (tertiary/aromatic N) is 1. The summed E-state index contributed by atoms with van der Waals surface area (Å²) in [7, 11) is 0. The summed E-state index contributed by atoms with van der Waals surface area (Å²) in [4.78, 5) is 7.00. The molecule has 0 saturated carbocycles. The molecule has 2 aromatic carbocycles. The summed E-state index contributed by atoms with van der Waals surface area (Å²) < 4.78 is 39.8. The summed E-state index contributed by atoms with van der Waals surface area (Å²) in [5.41, 5.74) is 1.08. The van der Waals surface area contributed by atoms with Crippen LogP contribution in [0.2, 0.25) is 0 Å². The maximum absolute atomic E-state index is 13.5. The minimum Gasteiger partial charge on any atom is -0.342 e. The molecule has 3 rings (SSSR count). The Kier molecular flexibility index (Phi) is 2.74. The number of para-hydroxylation sites is 1. The van der Waals surface area contributed by atoms with Crippen LogP contribution in [0.1, 0.15) is 11.4 Å². The molecule has 0 radical (unpaired) electrons. The number of hydrogen-bond donors (Lipinski definition) is 1. The lowest BCUT2D eigenvalue weighted by Gasteiger charge is -2.00. The van der Waals surface area contributed by atoms with Gasteiger partial charge in [0.25, 0.3) is 0 Å². The fourth-order valence-corrected chi connectivity index (χ4v) is 1.98. The van der Waals surface area contributed by atoms with Gasteiger partial charge in [-0.2, -0.15) is 0 Å². The molecular weight excluding hydrogens is 253 g/mol. The van der Waals surface area contributed by atoms with E-state index in [1.165, 1.54) is 18.2 Å². The van der Waals surface area contributed by atoms with Crippen LogP contribution in [0, 0.1) is 17.5 Å². The smallest absolute Gasteiger partial charge is 0.151 e. The number of fused-ring (bicyclic) bond motifs is 1. The first-order valence-corrected chi connectivity index (χ1v) is 5.70. The largest absolute Gasteiger partial charge is 0.342 e. The standard InChI is InChI=1S/C14H9F3N2/c15-9-5-4-8(11(17)7-9)6-13-18-12-3-1-2-10(16)14(12)19-13/h1-5,7H,6H2,(H,18,19). The van der Waals surface area contributed by atoms with E-state index < -0.39 is 17.5 Å². The Bertz CT molecular complexity index is 750. The highest BCUT2D eigenvalue weighted by Crippen LogP contribution is 2.18. The molecule has 1 N–H and O–H groups in total. The monoisotopic (exact) mass is 262 g/mol. The van der Waals surface area contributed by atoms with Gasteiger partial charge in [0.05, 0.1) is 5.52 Å². The quantitative estimate of drug-likeness (QED) is 0.751. The first-order chi connectivity index (χ1) is 9.13. The topological polar surface area (TPSA) is 28.7 Å². The van der Waals surface area contributed by atoms with E-state index in [-0.39, 0.29) is 11.9 Å². The number of halogens is 3. The lowest BCUT2D eigenvalue weighted by Crippen LogP contribution is -1.95. The zero-order valence-electron chi connectivity index (χ0n) is 9.75. The second-order valence-electron chi connectivity index (χ2n) is 4.23. The number of rotatable bonds is 2. The van der Waals surface area contributed by atoms with Gasteiger partial charge in [-0.1, -0.05) is 12.1 Å². The first kappa shape index (κ1) is 11.8. The number of aromatic amines is 1. The predicted molar refractivity (Wildman–Crippen MR) is 65.2 cm³/mol. The van der Waals surface area contributed by atoms with Crippen LogP contribution in [0.25, 0.3) is 11.0 Å². The van der Waals surface area contributed by atoms with Crippen LogP contribution in [-0.2, 0) is 6.42 Å². The van der Waals surface area contributed by atoms with E-state index in [1.807, 2.05) is 0 Å². The van der Waals surface area contributed by atoms with Crippen molar-refractivity contribution >= 4 is 11.0 Å². The van der Waals surface area contributed by atoms with Crippen LogP contribution in [0.5, 0.6) is 0 Å². The average molecular weight is 262 g/mol. The van der Waals surface area contributed by atoms with Gasteiger partial charge in [0, 0.05) is 12.5 Å². The molecule has 2 nitrogen and oxygen atoms in total. The van der Waals surface area contributed by atoms with Crippen LogP contribution in [0.15, 0.2) is 36.4 Å². The molecule has 0 bridgehead atoms. The van der Waals surface area contributed by atoms with Crippen LogP contribution >= 0.6 is 0 Å². The van der Waals surface area contributed by atoms with Crippen molar-refractivity contribution in [1.29, 1.82) is 0 Å². The van der Waals surface area contributed by atoms with E-state index >= 15 is 0 Å². The number of nitrogens with one attached hydrogen (secondary N) is 1. The zero-order chi connectivity index (χ0) is 13.4. The Morgan fingerprint density at radius 3 is 2.58 bits per heavy atom. The Labute approximate surface area is 106 Å². The van der Waals surface area contributed by atoms with Gasteiger partial charge in [-0.3, -0.25) is 0 Å². The second kappa shape index (κ2) is 4.42. The third kappa shape index (κ3) is 2.19. The predicted octanol–water partition coefficient (Wildman–Crippen LogP) is 3.57. The van der Waals surface area contributed by atoms with E-state index in [9.17, 15) is 13.2 Å². The first-order valence-electron chi connectivity index (χ1n) is 5.70. The van der Waals surface area contributed by atoms with Crippen molar-refractivity contribution in [3.63, 3.8) is 0 Å². The number of aromatic nitrogens is 2. The molecule has 96 valence electrons. The van der Waals surface area contributed by atoms with Gasteiger partial charge >= 0.3 is 0 Å². The fraction of sp³-hybridized carbons (Fsp3) is 0.0714. The van der Waals surface area contributed by atoms with Crippen molar-refractivity contribution in [1.82, 2.24) is 9.97 Å². The SMILES string of the molecule is Fc1ccc(Cc2nc3c(F)cccc3[nH]2)c(F)c1. The van der Waals surface area contributed by atoms with Gasteiger partial charge in [0.2, 0.25) is 0 Å². The minimum absolute atomic E-state index is 0.153. The Morgan fingerprint density at radius 2 is 1.84 bits per heavy atom. The molecule has 0 saturated heterocycles. The van der Waals surface area contributed by atoms with Crippen molar-refractivity contribution in [2.75, 3.05) is 0 Å². The van der Waals surface area contributed by atoms with E-state index in [2.05, 4.69) is 9.97 Å². The second-order valence-corrected chi connectivity index (χ2v) is 4.23. The summed E-state index contributed by atoms with van der Waals surface area (Å²) in [6, 6.07) is 7.92. The molecule has 0 unspecified atom stereocenters. The molecular formula is C14H9F3N2. The van der Waals surface area contributed by atoms with E-state index in [4.69, 9.17) is 0 Å². The average Bonchev–Trinajstić information content (AvgIpc) is 2.77. The molecule has 0 spiro atoms. The van der Waals surface area contributed by atoms with Crippen LogP contribution in [-0.4, -0.2) is 9.97 Å². The molecule has 0 amide bonds. The highest BCUT2D eigenvalue weighted by molar-refractivity contribution is 5.75. The molecule has 0 atom stereocenters. The summed E-state index contributed by atoms with van der Waals surface area (Å²) in [6.45, 7) is 0. The van der Waals surface area contributed by atoms with Gasteiger partial charge in [-0.15, -0.1) is 0 Å². The van der Waals surface area contributed by atoms with Gasteiger partial charge in [0.15, 0.2) is 5.82 Å². The molecule has 0 fully saturated rings. The highest BCUT2D eigenvalue weighted by atomic mass is 19.1. The van der Waals surface area contributed by atoms with Crippen molar-refractivity contribution in [3.8, 4) is 0 Å².